The van der Waals surface area contributed by atoms with E-state index in [0.717, 1.165) is 24.1 Å². The van der Waals surface area contributed by atoms with Gasteiger partial charge in [-0.1, -0.05) is 11.6 Å². The molecule has 3 rings (SSSR count). The first-order valence-electron chi connectivity index (χ1n) is 8.56. The van der Waals surface area contributed by atoms with E-state index in [9.17, 15) is 9.59 Å². The Kier molecular flexibility index (Phi) is 5.05. The SMILES string of the molecule is Cn1nc2c(cc1=O)CC(NC(=O)C(C)(C)Oc1ccc(Cl)cc1)CC2. The molecule has 1 aliphatic carbocycles. The van der Waals surface area contributed by atoms with Crippen molar-refractivity contribution in [3.05, 3.63) is 57.0 Å². The second kappa shape index (κ2) is 7.11. The van der Waals surface area contributed by atoms with Crippen molar-refractivity contribution in [2.75, 3.05) is 0 Å². The van der Waals surface area contributed by atoms with Crippen molar-refractivity contribution in [1.82, 2.24) is 15.1 Å². The molecule has 6 nitrogen and oxygen atoms in total. The molecule has 26 heavy (non-hydrogen) atoms. The van der Waals surface area contributed by atoms with Crippen molar-refractivity contribution >= 4 is 17.5 Å². The number of fused-ring (bicyclic) bond motifs is 1. The van der Waals surface area contributed by atoms with Crippen LogP contribution in [0.5, 0.6) is 5.75 Å². The zero-order valence-electron chi connectivity index (χ0n) is 15.1. The smallest absolute Gasteiger partial charge is 0.266 e. The van der Waals surface area contributed by atoms with E-state index in [1.807, 2.05) is 0 Å². The quantitative estimate of drug-likeness (QED) is 0.889. The second-order valence-electron chi connectivity index (χ2n) is 7.06. The summed E-state index contributed by atoms with van der Waals surface area (Å²) in [6.45, 7) is 3.45. The summed E-state index contributed by atoms with van der Waals surface area (Å²) in [6.07, 6.45) is 2.11. The van der Waals surface area contributed by atoms with Crippen molar-refractivity contribution in [3.8, 4) is 5.75 Å². The van der Waals surface area contributed by atoms with Crippen molar-refractivity contribution in [2.24, 2.45) is 7.05 Å². The van der Waals surface area contributed by atoms with Crippen LogP contribution in [-0.2, 0) is 24.7 Å². The van der Waals surface area contributed by atoms with Gasteiger partial charge in [0.1, 0.15) is 5.75 Å². The first kappa shape index (κ1) is 18.5. The number of carbonyl (C=O) groups is 1. The molecular weight excluding hydrogens is 354 g/mol. The molecule has 1 unspecified atom stereocenters. The second-order valence-corrected chi connectivity index (χ2v) is 7.49. The predicted octanol–water partition coefficient (Wildman–Crippen LogP) is 2.26. The Balaban J connectivity index is 1.66. The topological polar surface area (TPSA) is 73.2 Å². The molecule has 1 atom stereocenters. The van der Waals surface area contributed by atoms with Crippen LogP contribution in [0.25, 0.3) is 0 Å². The number of carbonyl (C=O) groups excluding carboxylic acids is 1. The Labute approximate surface area is 157 Å². The Bertz CT molecular complexity index is 875. The minimum atomic E-state index is -1.03. The summed E-state index contributed by atoms with van der Waals surface area (Å²) in [7, 11) is 1.65. The molecule has 0 fully saturated rings. The number of hydrogen-bond acceptors (Lipinski definition) is 4. The predicted molar refractivity (Wildman–Crippen MR) is 99.6 cm³/mol. The van der Waals surface area contributed by atoms with Gasteiger partial charge in [-0.25, -0.2) is 4.68 Å². The molecule has 0 radical (unpaired) electrons. The fourth-order valence-electron chi connectivity index (χ4n) is 3.01. The Morgan fingerprint density at radius 3 is 2.73 bits per heavy atom. The molecule has 1 amide bonds. The van der Waals surface area contributed by atoms with Crippen molar-refractivity contribution in [3.63, 3.8) is 0 Å². The fraction of sp³-hybridized carbons (Fsp3) is 0.421. The number of halogens is 1. The first-order chi connectivity index (χ1) is 12.2. The van der Waals surface area contributed by atoms with Crippen LogP contribution in [0.2, 0.25) is 5.02 Å². The number of amides is 1. The zero-order valence-corrected chi connectivity index (χ0v) is 15.8. The average molecular weight is 376 g/mol. The normalized spacial score (nSPS) is 16.7. The van der Waals surface area contributed by atoms with Gasteiger partial charge in [0.25, 0.3) is 11.5 Å². The minimum Gasteiger partial charge on any atom is -0.478 e. The number of aryl methyl sites for hydroxylation is 2. The van der Waals surface area contributed by atoms with Gasteiger partial charge in [0.15, 0.2) is 5.60 Å². The van der Waals surface area contributed by atoms with Gasteiger partial charge < -0.3 is 10.1 Å². The van der Waals surface area contributed by atoms with Crippen molar-refractivity contribution < 1.29 is 9.53 Å². The third-order valence-electron chi connectivity index (χ3n) is 4.52. The molecule has 0 saturated carbocycles. The van der Waals surface area contributed by atoms with Gasteiger partial charge in [-0.2, -0.15) is 5.10 Å². The number of hydrogen-bond donors (Lipinski definition) is 1. The number of nitrogens with zero attached hydrogens (tertiary/aromatic N) is 2. The number of benzene rings is 1. The molecule has 0 bridgehead atoms. The van der Waals surface area contributed by atoms with Crippen LogP contribution in [0.15, 0.2) is 35.1 Å². The third kappa shape index (κ3) is 4.07. The van der Waals surface area contributed by atoms with Crippen molar-refractivity contribution in [1.29, 1.82) is 0 Å². The molecule has 1 aliphatic rings. The van der Waals surface area contributed by atoms with Crippen LogP contribution in [-0.4, -0.2) is 27.3 Å². The lowest BCUT2D eigenvalue weighted by Gasteiger charge is -2.30. The Morgan fingerprint density at radius 1 is 1.35 bits per heavy atom. The lowest BCUT2D eigenvalue weighted by molar-refractivity contribution is -0.135. The molecule has 1 aromatic carbocycles. The highest BCUT2D eigenvalue weighted by atomic mass is 35.5. The molecule has 2 aromatic rings. The molecule has 138 valence electrons. The highest BCUT2D eigenvalue weighted by molar-refractivity contribution is 6.30. The lowest BCUT2D eigenvalue weighted by atomic mass is 9.91. The summed E-state index contributed by atoms with van der Waals surface area (Å²) in [5, 5.41) is 7.94. The Morgan fingerprint density at radius 2 is 2.04 bits per heavy atom. The van der Waals surface area contributed by atoms with E-state index in [1.54, 1.807) is 51.2 Å². The van der Waals surface area contributed by atoms with E-state index in [4.69, 9.17) is 16.3 Å². The highest BCUT2D eigenvalue weighted by Gasteiger charge is 2.32. The Hall–Kier alpha value is -2.34. The van der Waals surface area contributed by atoms with Gasteiger partial charge in [-0.15, -0.1) is 0 Å². The largest absolute Gasteiger partial charge is 0.478 e. The standard InChI is InChI=1S/C19H22ClN3O3/c1-19(2,26-15-7-4-13(20)5-8-15)18(25)21-14-6-9-16-12(10-14)11-17(24)23(3)22-16/h4-5,7-8,11,14H,6,9-10H2,1-3H3,(H,21,25). The summed E-state index contributed by atoms with van der Waals surface area (Å²) in [5.41, 5.74) is 0.664. The van der Waals surface area contributed by atoms with Crippen LogP contribution < -0.4 is 15.6 Å². The van der Waals surface area contributed by atoms with Crippen LogP contribution in [0.4, 0.5) is 0 Å². The van der Waals surface area contributed by atoms with E-state index in [1.165, 1.54) is 4.68 Å². The summed E-state index contributed by atoms with van der Waals surface area (Å²) in [5.74, 6) is 0.383. The van der Waals surface area contributed by atoms with Gasteiger partial charge in [-0.05, 0) is 62.9 Å². The molecule has 0 aliphatic heterocycles. The average Bonchev–Trinajstić information content (AvgIpc) is 2.58. The van der Waals surface area contributed by atoms with E-state index >= 15 is 0 Å². The molecule has 1 N–H and O–H groups in total. The summed E-state index contributed by atoms with van der Waals surface area (Å²) in [4.78, 5) is 24.5. The molecule has 1 heterocycles. The first-order valence-corrected chi connectivity index (χ1v) is 8.94. The van der Waals surface area contributed by atoms with Crippen LogP contribution in [0.1, 0.15) is 31.5 Å². The zero-order chi connectivity index (χ0) is 18.9. The van der Waals surface area contributed by atoms with Crippen LogP contribution in [0.3, 0.4) is 0 Å². The lowest BCUT2D eigenvalue weighted by Crippen LogP contribution is -2.51. The van der Waals surface area contributed by atoms with Gasteiger partial charge >= 0.3 is 0 Å². The van der Waals surface area contributed by atoms with E-state index in [-0.39, 0.29) is 17.5 Å². The fourth-order valence-corrected chi connectivity index (χ4v) is 3.14. The molecular formula is C19H22ClN3O3. The molecule has 7 heteroatoms. The van der Waals surface area contributed by atoms with Crippen molar-refractivity contribution in [2.45, 2.75) is 44.8 Å². The maximum absolute atomic E-state index is 12.7. The molecule has 0 spiro atoms. The summed E-state index contributed by atoms with van der Waals surface area (Å²) >= 11 is 5.87. The number of rotatable bonds is 4. The van der Waals surface area contributed by atoms with E-state index in [0.29, 0.717) is 17.2 Å². The van der Waals surface area contributed by atoms with Gasteiger partial charge in [-0.3, -0.25) is 9.59 Å². The third-order valence-corrected chi connectivity index (χ3v) is 4.77. The monoisotopic (exact) mass is 375 g/mol. The van der Waals surface area contributed by atoms with Gasteiger partial charge in [0.05, 0.1) is 5.69 Å². The number of nitrogens with one attached hydrogen (secondary N) is 1. The maximum atomic E-state index is 12.7. The van der Waals surface area contributed by atoms with Crippen LogP contribution in [0, 0.1) is 0 Å². The highest BCUT2D eigenvalue weighted by Crippen LogP contribution is 2.22. The number of aromatic nitrogens is 2. The summed E-state index contributed by atoms with van der Waals surface area (Å²) < 4.78 is 7.18. The maximum Gasteiger partial charge on any atom is 0.266 e. The van der Waals surface area contributed by atoms with Crippen LogP contribution >= 0.6 is 11.6 Å². The summed E-state index contributed by atoms with van der Waals surface area (Å²) in [6, 6.07) is 8.46. The minimum absolute atomic E-state index is 0.0444. The van der Waals surface area contributed by atoms with Gasteiger partial charge in [0, 0.05) is 24.2 Å². The molecule has 0 saturated heterocycles. The molecule has 1 aromatic heterocycles. The number of ether oxygens (including phenoxy) is 1. The van der Waals surface area contributed by atoms with Gasteiger partial charge in [0.2, 0.25) is 0 Å². The van der Waals surface area contributed by atoms with E-state index < -0.39 is 5.60 Å². The van der Waals surface area contributed by atoms with E-state index in [2.05, 4.69) is 10.4 Å².